The Morgan fingerprint density at radius 1 is 1.62 bits per heavy atom. The summed E-state index contributed by atoms with van der Waals surface area (Å²) in [6.45, 7) is 1.48. The number of aromatic nitrogens is 3. The first-order valence-electron chi connectivity index (χ1n) is 4.49. The van der Waals surface area contributed by atoms with Gasteiger partial charge in [-0.15, -0.1) is 5.10 Å². The summed E-state index contributed by atoms with van der Waals surface area (Å²) in [6.07, 6.45) is 3.04. The maximum absolute atomic E-state index is 11.4. The molecule has 1 unspecified atom stereocenters. The molecule has 1 heterocycles. The smallest absolute Gasteiger partial charge is 0.323 e. The standard InChI is InChI=1S/C7H12N4O4S/c1-6(7(12)13)16(14,15)9-3-5-11-4-2-8-10-11/h2,4,6,9H,3,5H2,1H3,(H,12,13). The number of carbonyl (C=O) groups is 1. The van der Waals surface area contributed by atoms with E-state index in [0.717, 1.165) is 6.92 Å². The van der Waals surface area contributed by atoms with Crippen LogP contribution in [0.5, 0.6) is 0 Å². The maximum Gasteiger partial charge on any atom is 0.323 e. The Bertz CT molecular complexity index is 441. The number of hydrogen-bond donors (Lipinski definition) is 2. The Kier molecular flexibility index (Phi) is 3.96. The molecule has 0 amide bonds. The van der Waals surface area contributed by atoms with Gasteiger partial charge >= 0.3 is 5.97 Å². The minimum absolute atomic E-state index is 0.0727. The van der Waals surface area contributed by atoms with E-state index in [4.69, 9.17) is 5.11 Å². The van der Waals surface area contributed by atoms with Crippen molar-refractivity contribution < 1.29 is 18.3 Å². The molecule has 0 aliphatic rings. The lowest BCUT2D eigenvalue weighted by atomic mass is 10.5. The Morgan fingerprint density at radius 3 is 2.81 bits per heavy atom. The first-order chi connectivity index (χ1) is 7.43. The van der Waals surface area contributed by atoms with Crippen LogP contribution < -0.4 is 4.72 Å². The summed E-state index contributed by atoms with van der Waals surface area (Å²) >= 11 is 0. The molecule has 16 heavy (non-hydrogen) atoms. The summed E-state index contributed by atoms with van der Waals surface area (Å²) in [5.74, 6) is -1.38. The third-order valence-corrected chi connectivity index (χ3v) is 3.67. The highest BCUT2D eigenvalue weighted by Crippen LogP contribution is 1.97. The van der Waals surface area contributed by atoms with Crippen molar-refractivity contribution in [3.8, 4) is 0 Å². The zero-order valence-electron chi connectivity index (χ0n) is 8.57. The minimum Gasteiger partial charge on any atom is -0.480 e. The molecular formula is C7H12N4O4S. The van der Waals surface area contributed by atoms with E-state index >= 15 is 0 Å². The van der Waals surface area contributed by atoms with Crippen molar-refractivity contribution in [1.29, 1.82) is 0 Å². The lowest BCUT2D eigenvalue weighted by Crippen LogP contribution is -2.38. The SMILES string of the molecule is CC(C(=O)O)S(=O)(=O)NCCn1ccnn1. The number of carboxylic acids is 1. The van der Waals surface area contributed by atoms with Crippen LogP contribution >= 0.6 is 0 Å². The van der Waals surface area contributed by atoms with Gasteiger partial charge in [-0.2, -0.15) is 0 Å². The molecule has 0 radical (unpaired) electrons. The Balaban J connectivity index is 2.46. The second-order valence-corrected chi connectivity index (χ2v) is 5.17. The molecule has 0 spiro atoms. The molecule has 2 N–H and O–H groups in total. The van der Waals surface area contributed by atoms with Gasteiger partial charge in [-0.05, 0) is 6.92 Å². The van der Waals surface area contributed by atoms with Crippen molar-refractivity contribution in [3.05, 3.63) is 12.4 Å². The number of sulfonamides is 1. The van der Waals surface area contributed by atoms with E-state index in [-0.39, 0.29) is 6.54 Å². The molecular weight excluding hydrogens is 236 g/mol. The van der Waals surface area contributed by atoms with Crippen LogP contribution in [0.25, 0.3) is 0 Å². The monoisotopic (exact) mass is 248 g/mol. The molecule has 0 saturated heterocycles. The molecule has 8 nitrogen and oxygen atoms in total. The molecule has 1 atom stereocenters. The number of hydrogen-bond acceptors (Lipinski definition) is 5. The van der Waals surface area contributed by atoms with E-state index in [1.165, 1.54) is 10.9 Å². The summed E-state index contributed by atoms with van der Waals surface area (Å²) in [6, 6.07) is 0. The first-order valence-corrected chi connectivity index (χ1v) is 6.03. The van der Waals surface area contributed by atoms with E-state index in [1.54, 1.807) is 6.20 Å². The summed E-state index contributed by atoms with van der Waals surface area (Å²) < 4.78 is 26.3. The van der Waals surface area contributed by atoms with Crippen LogP contribution in [0.2, 0.25) is 0 Å². The molecule has 1 aromatic heterocycles. The average molecular weight is 248 g/mol. The summed E-state index contributed by atoms with van der Waals surface area (Å²) in [4.78, 5) is 10.5. The van der Waals surface area contributed by atoms with E-state index in [0.29, 0.717) is 6.54 Å². The van der Waals surface area contributed by atoms with Gasteiger partial charge in [0.2, 0.25) is 10.0 Å². The van der Waals surface area contributed by atoms with Crippen LogP contribution in [0.1, 0.15) is 6.92 Å². The molecule has 0 aliphatic carbocycles. The molecule has 1 rings (SSSR count). The van der Waals surface area contributed by atoms with Crippen LogP contribution in [0.4, 0.5) is 0 Å². The Labute approximate surface area is 92.3 Å². The summed E-state index contributed by atoms with van der Waals surface area (Å²) in [5.41, 5.74) is 0. The van der Waals surface area contributed by atoms with Gasteiger partial charge in [0.1, 0.15) is 0 Å². The van der Waals surface area contributed by atoms with Gasteiger partial charge < -0.3 is 5.11 Å². The van der Waals surface area contributed by atoms with Crippen molar-refractivity contribution in [2.24, 2.45) is 0 Å². The van der Waals surface area contributed by atoms with Crippen molar-refractivity contribution in [1.82, 2.24) is 19.7 Å². The molecule has 0 aromatic carbocycles. The minimum atomic E-state index is -3.82. The van der Waals surface area contributed by atoms with Crippen LogP contribution in [-0.2, 0) is 21.4 Å². The second kappa shape index (κ2) is 5.03. The van der Waals surface area contributed by atoms with Crippen LogP contribution in [0.15, 0.2) is 12.4 Å². The van der Waals surface area contributed by atoms with E-state index in [1.807, 2.05) is 0 Å². The summed E-state index contributed by atoms with van der Waals surface area (Å²) in [5, 5.41) is 14.3. The summed E-state index contributed by atoms with van der Waals surface area (Å²) in [7, 11) is -3.82. The quantitative estimate of drug-likeness (QED) is 0.644. The predicted octanol–water partition coefficient (Wildman–Crippen LogP) is -1.33. The highest BCUT2D eigenvalue weighted by atomic mass is 32.2. The number of carboxylic acid groups (broad SMARTS) is 1. The van der Waals surface area contributed by atoms with Gasteiger partial charge in [-0.1, -0.05) is 5.21 Å². The van der Waals surface area contributed by atoms with Gasteiger partial charge in [0.25, 0.3) is 0 Å². The lowest BCUT2D eigenvalue weighted by molar-refractivity contribution is -0.136. The number of rotatable bonds is 6. The lowest BCUT2D eigenvalue weighted by Gasteiger charge is -2.09. The normalized spacial score (nSPS) is 13.6. The van der Waals surface area contributed by atoms with Crippen molar-refractivity contribution in [2.75, 3.05) is 6.54 Å². The number of aliphatic carboxylic acids is 1. The third-order valence-electron chi connectivity index (χ3n) is 1.93. The van der Waals surface area contributed by atoms with Crippen LogP contribution in [0.3, 0.4) is 0 Å². The molecule has 1 aromatic rings. The maximum atomic E-state index is 11.4. The fraction of sp³-hybridized carbons (Fsp3) is 0.571. The largest absolute Gasteiger partial charge is 0.480 e. The Hall–Kier alpha value is -1.48. The van der Waals surface area contributed by atoms with Gasteiger partial charge in [0.05, 0.1) is 12.7 Å². The zero-order chi connectivity index (χ0) is 12.2. The topological polar surface area (TPSA) is 114 Å². The third kappa shape index (κ3) is 3.28. The van der Waals surface area contributed by atoms with Gasteiger partial charge in [0.15, 0.2) is 5.25 Å². The number of nitrogens with one attached hydrogen (secondary N) is 1. The highest BCUT2D eigenvalue weighted by Gasteiger charge is 2.26. The second-order valence-electron chi connectivity index (χ2n) is 3.09. The van der Waals surface area contributed by atoms with E-state index in [2.05, 4.69) is 15.0 Å². The Morgan fingerprint density at radius 2 is 2.31 bits per heavy atom. The highest BCUT2D eigenvalue weighted by molar-refractivity contribution is 7.90. The molecule has 90 valence electrons. The molecule has 0 fully saturated rings. The number of nitrogens with zero attached hydrogens (tertiary/aromatic N) is 3. The van der Waals surface area contributed by atoms with Crippen molar-refractivity contribution in [2.45, 2.75) is 18.7 Å². The van der Waals surface area contributed by atoms with E-state index in [9.17, 15) is 13.2 Å². The van der Waals surface area contributed by atoms with Gasteiger partial charge in [0, 0.05) is 12.7 Å². The fourth-order valence-electron chi connectivity index (χ4n) is 0.912. The first kappa shape index (κ1) is 12.6. The van der Waals surface area contributed by atoms with Crippen molar-refractivity contribution >= 4 is 16.0 Å². The van der Waals surface area contributed by atoms with Gasteiger partial charge in [-0.25, -0.2) is 13.1 Å². The molecule has 0 aliphatic heterocycles. The predicted molar refractivity (Wildman–Crippen MR) is 54.0 cm³/mol. The molecule has 0 saturated carbocycles. The van der Waals surface area contributed by atoms with Crippen LogP contribution in [0, 0.1) is 0 Å². The van der Waals surface area contributed by atoms with Crippen LogP contribution in [-0.4, -0.2) is 46.3 Å². The average Bonchev–Trinajstić information content (AvgIpc) is 2.69. The molecule has 0 bridgehead atoms. The van der Waals surface area contributed by atoms with E-state index < -0.39 is 21.2 Å². The fourth-order valence-corrected chi connectivity index (χ4v) is 1.80. The van der Waals surface area contributed by atoms with Gasteiger partial charge in [-0.3, -0.25) is 9.48 Å². The zero-order valence-corrected chi connectivity index (χ0v) is 9.38. The van der Waals surface area contributed by atoms with Crippen molar-refractivity contribution in [3.63, 3.8) is 0 Å². The molecule has 9 heteroatoms.